The molecule has 0 radical (unpaired) electrons. The summed E-state index contributed by atoms with van der Waals surface area (Å²) in [6, 6.07) is 3.74. The molecule has 5 nitrogen and oxygen atoms in total. The maximum atomic E-state index is 11.6. The van der Waals surface area contributed by atoms with E-state index in [1.807, 2.05) is 43.5 Å². The van der Waals surface area contributed by atoms with Gasteiger partial charge >= 0.3 is 6.09 Å². The molecule has 0 aliphatic rings. The van der Waals surface area contributed by atoms with Crippen LogP contribution >= 0.6 is 15.9 Å². The summed E-state index contributed by atoms with van der Waals surface area (Å²) in [7, 11) is 0. The molecule has 0 aromatic carbocycles. The van der Waals surface area contributed by atoms with Crippen molar-refractivity contribution in [3.05, 3.63) is 29.0 Å². The van der Waals surface area contributed by atoms with Gasteiger partial charge in [-0.05, 0) is 48.8 Å². The van der Waals surface area contributed by atoms with Gasteiger partial charge < -0.3 is 9.14 Å². The molecule has 0 spiro atoms. The van der Waals surface area contributed by atoms with Crippen molar-refractivity contribution in [1.82, 2.24) is 9.38 Å². The molecule has 96 valence electrons. The van der Waals surface area contributed by atoms with E-state index in [1.54, 1.807) is 6.20 Å². The highest BCUT2D eigenvalue weighted by Gasteiger charge is 2.17. The van der Waals surface area contributed by atoms with Crippen molar-refractivity contribution in [2.24, 2.45) is 0 Å². The average molecular weight is 312 g/mol. The summed E-state index contributed by atoms with van der Waals surface area (Å²) in [5, 5.41) is 2.60. The van der Waals surface area contributed by atoms with E-state index in [0.29, 0.717) is 5.82 Å². The standard InChI is InChI=1S/C12H14BrN3O2/c1-12(2,3)18-11(17)15-9-7-16-6-8(13)4-5-10(16)14-9/h4-7H,1-3H3,(H,15,17). The van der Waals surface area contributed by atoms with Gasteiger partial charge in [0.2, 0.25) is 0 Å². The number of anilines is 1. The van der Waals surface area contributed by atoms with Gasteiger partial charge in [-0.15, -0.1) is 0 Å². The first kappa shape index (κ1) is 12.9. The number of carbonyl (C=O) groups excluding carboxylic acids is 1. The van der Waals surface area contributed by atoms with Crippen molar-refractivity contribution < 1.29 is 9.53 Å². The lowest BCUT2D eigenvalue weighted by molar-refractivity contribution is 0.0635. The minimum absolute atomic E-state index is 0.461. The molecule has 1 N–H and O–H groups in total. The molecule has 1 amide bonds. The second-order valence-corrected chi connectivity index (χ2v) is 5.78. The maximum absolute atomic E-state index is 11.6. The van der Waals surface area contributed by atoms with E-state index in [-0.39, 0.29) is 0 Å². The number of aromatic nitrogens is 2. The second kappa shape index (κ2) is 4.61. The van der Waals surface area contributed by atoms with Crippen molar-refractivity contribution in [3.63, 3.8) is 0 Å². The van der Waals surface area contributed by atoms with E-state index in [2.05, 4.69) is 26.2 Å². The maximum Gasteiger partial charge on any atom is 0.413 e. The van der Waals surface area contributed by atoms with Crippen LogP contribution in [-0.2, 0) is 4.74 Å². The summed E-state index contributed by atoms with van der Waals surface area (Å²) in [4.78, 5) is 15.8. The number of ether oxygens (including phenoxy) is 1. The number of rotatable bonds is 1. The highest BCUT2D eigenvalue weighted by atomic mass is 79.9. The number of halogens is 1. The molecule has 0 bridgehead atoms. The molecule has 0 unspecified atom stereocenters. The highest BCUT2D eigenvalue weighted by molar-refractivity contribution is 9.10. The zero-order valence-corrected chi connectivity index (χ0v) is 12.0. The Bertz CT molecular complexity index is 587. The van der Waals surface area contributed by atoms with E-state index in [9.17, 15) is 4.79 Å². The first-order chi connectivity index (χ1) is 8.33. The molecule has 2 rings (SSSR count). The number of nitrogens with one attached hydrogen (secondary N) is 1. The zero-order chi connectivity index (χ0) is 13.3. The topological polar surface area (TPSA) is 55.6 Å². The quantitative estimate of drug-likeness (QED) is 0.877. The van der Waals surface area contributed by atoms with Crippen molar-refractivity contribution in [1.29, 1.82) is 0 Å². The molecule has 0 saturated carbocycles. The molecule has 2 heterocycles. The van der Waals surface area contributed by atoms with Gasteiger partial charge in [-0.3, -0.25) is 5.32 Å². The Hall–Kier alpha value is -1.56. The Morgan fingerprint density at radius 3 is 2.78 bits per heavy atom. The fourth-order valence-corrected chi connectivity index (χ4v) is 1.79. The van der Waals surface area contributed by atoms with Crippen LogP contribution < -0.4 is 5.32 Å². The Balaban J connectivity index is 2.15. The molecule has 6 heteroatoms. The molecule has 0 aliphatic heterocycles. The second-order valence-electron chi connectivity index (χ2n) is 4.87. The molecular weight excluding hydrogens is 298 g/mol. The van der Waals surface area contributed by atoms with Crippen LogP contribution in [0.3, 0.4) is 0 Å². The Kier molecular flexibility index (Phi) is 3.30. The van der Waals surface area contributed by atoms with E-state index >= 15 is 0 Å². The zero-order valence-electron chi connectivity index (χ0n) is 10.4. The Morgan fingerprint density at radius 2 is 2.11 bits per heavy atom. The third-order valence-electron chi connectivity index (χ3n) is 2.04. The fourth-order valence-electron chi connectivity index (χ4n) is 1.43. The van der Waals surface area contributed by atoms with E-state index in [1.165, 1.54) is 0 Å². The number of nitrogens with zero attached hydrogens (tertiary/aromatic N) is 2. The highest BCUT2D eigenvalue weighted by Crippen LogP contribution is 2.15. The van der Waals surface area contributed by atoms with Crippen molar-refractivity contribution in [3.8, 4) is 0 Å². The largest absolute Gasteiger partial charge is 0.444 e. The first-order valence-electron chi connectivity index (χ1n) is 5.48. The minimum atomic E-state index is -0.522. The van der Waals surface area contributed by atoms with Gasteiger partial charge in [-0.2, -0.15) is 0 Å². The molecule has 2 aromatic heterocycles. The summed E-state index contributed by atoms with van der Waals surface area (Å²) >= 11 is 3.37. The number of amides is 1. The first-order valence-corrected chi connectivity index (χ1v) is 6.27. The third kappa shape index (κ3) is 3.22. The lowest BCUT2D eigenvalue weighted by atomic mass is 10.2. The number of hydrogen-bond acceptors (Lipinski definition) is 3. The number of carbonyl (C=O) groups is 1. The Morgan fingerprint density at radius 1 is 1.39 bits per heavy atom. The molecule has 2 aromatic rings. The smallest absolute Gasteiger partial charge is 0.413 e. The lowest BCUT2D eigenvalue weighted by Gasteiger charge is -2.18. The van der Waals surface area contributed by atoms with Crippen LogP contribution in [-0.4, -0.2) is 21.1 Å². The van der Waals surface area contributed by atoms with Crippen LogP contribution in [0.15, 0.2) is 29.0 Å². The summed E-state index contributed by atoms with van der Waals surface area (Å²) < 4.78 is 7.91. The molecule has 0 saturated heterocycles. The SMILES string of the molecule is CC(C)(C)OC(=O)Nc1cn2cc(Br)ccc2n1. The number of pyridine rings is 1. The van der Waals surface area contributed by atoms with Crippen molar-refractivity contribution >= 4 is 33.5 Å². The van der Waals surface area contributed by atoms with Crippen LogP contribution in [0, 0.1) is 0 Å². The van der Waals surface area contributed by atoms with E-state index < -0.39 is 11.7 Å². The monoisotopic (exact) mass is 311 g/mol. The van der Waals surface area contributed by atoms with Gasteiger partial charge in [0.05, 0.1) is 6.20 Å². The minimum Gasteiger partial charge on any atom is -0.444 e. The molecule has 0 atom stereocenters. The lowest BCUT2D eigenvalue weighted by Crippen LogP contribution is -2.27. The third-order valence-corrected chi connectivity index (χ3v) is 2.51. The van der Waals surface area contributed by atoms with Gasteiger partial charge in [-0.1, -0.05) is 0 Å². The number of imidazole rings is 1. The van der Waals surface area contributed by atoms with Crippen molar-refractivity contribution in [2.75, 3.05) is 5.32 Å². The molecule has 0 fully saturated rings. The van der Waals surface area contributed by atoms with Gasteiger partial charge in [-0.25, -0.2) is 9.78 Å². The predicted octanol–water partition coefficient (Wildman–Crippen LogP) is 3.44. The molecular formula is C12H14BrN3O2. The van der Waals surface area contributed by atoms with Gasteiger partial charge in [0.15, 0.2) is 5.82 Å². The van der Waals surface area contributed by atoms with E-state index in [4.69, 9.17) is 4.74 Å². The summed E-state index contributed by atoms with van der Waals surface area (Å²) in [6.45, 7) is 5.44. The van der Waals surface area contributed by atoms with Crippen LogP contribution in [0.25, 0.3) is 5.65 Å². The number of hydrogen-bond donors (Lipinski definition) is 1. The van der Waals surface area contributed by atoms with Gasteiger partial charge in [0, 0.05) is 10.7 Å². The van der Waals surface area contributed by atoms with Crippen LogP contribution in [0.1, 0.15) is 20.8 Å². The molecule has 18 heavy (non-hydrogen) atoms. The Labute approximate surface area is 113 Å². The van der Waals surface area contributed by atoms with Crippen LogP contribution in [0.2, 0.25) is 0 Å². The predicted molar refractivity (Wildman–Crippen MR) is 72.7 cm³/mol. The van der Waals surface area contributed by atoms with Crippen LogP contribution in [0.4, 0.5) is 10.6 Å². The van der Waals surface area contributed by atoms with Crippen LogP contribution in [0.5, 0.6) is 0 Å². The summed E-state index contributed by atoms with van der Waals surface area (Å²) in [5.41, 5.74) is 0.232. The van der Waals surface area contributed by atoms with E-state index in [0.717, 1.165) is 10.1 Å². The summed E-state index contributed by atoms with van der Waals surface area (Å²) in [5.74, 6) is 0.461. The van der Waals surface area contributed by atoms with Gasteiger partial charge in [0.1, 0.15) is 11.2 Å². The number of fused-ring (bicyclic) bond motifs is 1. The van der Waals surface area contributed by atoms with Gasteiger partial charge in [0.25, 0.3) is 0 Å². The fraction of sp³-hybridized carbons (Fsp3) is 0.333. The van der Waals surface area contributed by atoms with Crippen molar-refractivity contribution in [2.45, 2.75) is 26.4 Å². The average Bonchev–Trinajstić information content (AvgIpc) is 2.55. The summed E-state index contributed by atoms with van der Waals surface area (Å²) in [6.07, 6.45) is 3.08. The normalized spacial score (nSPS) is 11.6. The molecule has 0 aliphatic carbocycles.